The Kier molecular flexibility index (Phi) is 2.09. The summed E-state index contributed by atoms with van der Waals surface area (Å²) in [6.45, 7) is 2.99. The van der Waals surface area contributed by atoms with Crippen molar-refractivity contribution < 1.29 is 0 Å². The number of rotatable bonds is 2. The Balaban J connectivity index is 2.04. The third-order valence-electron chi connectivity index (χ3n) is 3.42. The highest BCUT2D eigenvalue weighted by atomic mass is 15.2. The Labute approximate surface area is 94.5 Å². The topological polar surface area (TPSA) is 56.7 Å². The summed E-state index contributed by atoms with van der Waals surface area (Å²) in [7, 11) is 0. The minimum atomic E-state index is 0.597. The second-order valence-electron chi connectivity index (χ2n) is 4.73. The van der Waals surface area contributed by atoms with Crippen molar-refractivity contribution in [2.24, 2.45) is 5.92 Å². The number of pyridine rings is 1. The predicted octanol–water partition coefficient (Wildman–Crippen LogP) is 2.12. The van der Waals surface area contributed by atoms with Crippen LogP contribution >= 0.6 is 0 Å². The zero-order valence-corrected chi connectivity index (χ0v) is 9.48. The van der Waals surface area contributed by atoms with Gasteiger partial charge in [-0.2, -0.15) is 0 Å². The maximum Gasteiger partial charge on any atom is 0.202 e. The maximum absolute atomic E-state index is 5.94. The van der Waals surface area contributed by atoms with Gasteiger partial charge in [0, 0.05) is 12.7 Å². The lowest BCUT2D eigenvalue weighted by atomic mass is 9.85. The lowest BCUT2D eigenvalue weighted by Gasteiger charge is -2.25. The van der Waals surface area contributed by atoms with E-state index in [2.05, 4.69) is 14.5 Å². The van der Waals surface area contributed by atoms with Gasteiger partial charge in [-0.25, -0.2) is 9.97 Å². The number of aromatic nitrogens is 3. The SMILES string of the molecule is Cc1cnc2c(c1)nc(N)n2CC1CCC1. The third kappa shape index (κ3) is 1.45. The number of nitrogen functional groups attached to an aromatic ring is 1. The fourth-order valence-electron chi connectivity index (χ4n) is 2.24. The molecule has 2 aromatic heterocycles. The molecule has 0 saturated heterocycles. The first-order chi connectivity index (χ1) is 7.74. The molecule has 4 nitrogen and oxygen atoms in total. The molecule has 0 unspecified atom stereocenters. The molecule has 1 aliphatic carbocycles. The van der Waals surface area contributed by atoms with Crippen LogP contribution in [-0.2, 0) is 6.54 Å². The second kappa shape index (κ2) is 3.47. The highest BCUT2D eigenvalue weighted by Crippen LogP contribution is 2.30. The molecule has 0 spiro atoms. The van der Waals surface area contributed by atoms with Gasteiger partial charge in [-0.15, -0.1) is 0 Å². The van der Waals surface area contributed by atoms with Gasteiger partial charge < -0.3 is 5.73 Å². The summed E-state index contributed by atoms with van der Waals surface area (Å²) in [6, 6.07) is 2.04. The Hall–Kier alpha value is -1.58. The van der Waals surface area contributed by atoms with Crippen LogP contribution < -0.4 is 5.73 Å². The van der Waals surface area contributed by atoms with Gasteiger partial charge in [0.15, 0.2) is 5.65 Å². The average molecular weight is 216 g/mol. The summed E-state index contributed by atoms with van der Waals surface area (Å²) in [4.78, 5) is 8.80. The zero-order chi connectivity index (χ0) is 11.1. The number of anilines is 1. The Morgan fingerprint density at radius 3 is 3.00 bits per heavy atom. The molecular weight excluding hydrogens is 200 g/mol. The number of hydrogen-bond donors (Lipinski definition) is 1. The van der Waals surface area contributed by atoms with Crippen molar-refractivity contribution in [3.05, 3.63) is 17.8 Å². The van der Waals surface area contributed by atoms with Gasteiger partial charge in [-0.05, 0) is 37.3 Å². The lowest BCUT2D eigenvalue weighted by Crippen LogP contribution is -2.19. The van der Waals surface area contributed by atoms with E-state index in [-0.39, 0.29) is 0 Å². The van der Waals surface area contributed by atoms with Crippen molar-refractivity contribution in [2.75, 3.05) is 5.73 Å². The number of imidazole rings is 1. The molecule has 3 rings (SSSR count). The third-order valence-corrected chi connectivity index (χ3v) is 3.42. The quantitative estimate of drug-likeness (QED) is 0.836. The summed E-state index contributed by atoms with van der Waals surface area (Å²) < 4.78 is 2.05. The molecule has 0 bridgehead atoms. The van der Waals surface area contributed by atoms with Crippen molar-refractivity contribution in [3.63, 3.8) is 0 Å². The van der Waals surface area contributed by atoms with E-state index < -0.39 is 0 Å². The standard InChI is InChI=1S/C12H16N4/c1-8-5-10-11(14-6-8)16(12(13)15-10)7-9-3-2-4-9/h5-6,9H,2-4,7H2,1H3,(H2,13,15). The fraction of sp³-hybridized carbons (Fsp3) is 0.500. The van der Waals surface area contributed by atoms with Crippen molar-refractivity contribution in [1.29, 1.82) is 0 Å². The Morgan fingerprint density at radius 2 is 2.31 bits per heavy atom. The van der Waals surface area contributed by atoms with E-state index in [0.717, 1.165) is 29.2 Å². The van der Waals surface area contributed by atoms with Crippen LogP contribution in [0.4, 0.5) is 5.95 Å². The summed E-state index contributed by atoms with van der Waals surface area (Å²) in [5, 5.41) is 0. The smallest absolute Gasteiger partial charge is 0.202 e. The van der Waals surface area contributed by atoms with E-state index >= 15 is 0 Å². The van der Waals surface area contributed by atoms with E-state index in [1.807, 2.05) is 19.2 Å². The van der Waals surface area contributed by atoms with Gasteiger partial charge in [0.25, 0.3) is 0 Å². The largest absolute Gasteiger partial charge is 0.369 e. The van der Waals surface area contributed by atoms with Crippen molar-refractivity contribution in [3.8, 4) is 0 Å². The molecule has 4 heteroatoms. The molecule has 1 fully saturated rings. The van der Waals surface area contributed by atoms with Gasteiger partial charge >= 0.3 is 0 Å². The van der Waals surface area contributed by atoms with E-state index in [1.54, 1.807) is 0 Å². The van der Waals surface area contributed by atoms with Crippen LogP contribution in [0.15, 0.2) is 12.3 Å². The summed E-state index contributed by atoms with van der Waals surface area (Å²) in [6.07, 6.45) is 5.85. The van der Waals surface area contributed by atoms with E-state index in [0.29, 0.717) is 5.95 Å². The van der Waals surface area contributed by atoms with Gasteiger partial charge in [0.1, 0.15) is 5.52 Å². The summed E-state index contributed by atoms with van der Waals surface area (Å²) in [5.74, 6) is 1.36. The van der Waals surface area contributed by atoms with Gasteiger partial charge in [0.2, 0.25) is 5.95 Å². The number of aryl methyl sites for hydroxylation is 1. The monoisotopic (exact) mass is 216 g/mol. The molecule has 2 heterocycles. The normalized spacial score (nSPS) is 16.6. The molecule has 1 saturated carbocycles. The van der Waals surface area contributed by atoms with Crippen LogP contribution in [0.3, 0.4) is 0 Å². The van der Waals surface area contributed by atoms with Crippen LogP contribution in [0.5, 0.6) is 0 Å². The maximum atomic E-state index is 5.94. The first kappa shape index (κ1) is 9.63. The van der Waals surface area contributed by atoms with Gasteiger partial charge in [-0.1, -0.05) is 6.42 Å². The Bertz CT molecular complexity index is 525. The summed E-state index contributed by atoms with van der Waals surface area (Å²) >= 11 is 0. The van der Waals surface area contributed by atoms with Crippen LogP contribution in [0.25, 0.3) is 11.2 Å². The number of nitrogens with two attached hydrogens (primary N) is 1. The molecule has 0 amide bonds. The number of nitrogens with zero attached hydrogens (tertiary/aromatic N) is 3. The van der Waals surface area contributed by atoms with Crippen molar-refractivity contribution in [2.45, 2.75) is 32.7 Å². The van der Waals surface area contributed by atoms with Gasteiger partial charge in [0.05, 0.1) is 0 Å². The van der Waals surface area contributed by atoms with Crippen molar-refractivity contribution in [1.82, 2.24) is 14.5 Å². The minimum absolute atomic E-state index is 0.597. The molecule has 0 aromatic carbocycles. The minimum Gasteiger partial charge on any atom is -0.369 e. The molecule has 0 atom stereocenters. The van der Waals surface area contributed by atoms with Crippen molar-refractivity contribution >= 4 is 17.1 Å². The van der Waals surface area contributed by atoms with Crippen LogP contribution in [0.2, 0.25) is 0 Å². The summed E-state index contributed by atoms with van der Waals surface area (Å²) in [5.41, 5.74) is 8.91. The molecule has 2 N–H and O–H groups in total. The molecule has 0 radical (unpaired) electrons. The van der Waals surface area contributed by atoms with E-state index in [4.69, 9.17) is 5.73 Å². The van der Waals surface area contributed by atoms with Crippen LogP contribution in [0.1, 0.15) is 24.8 Å². The molecule has 84 valence electrons. The van der Waals surface area contributed by atoms with E-state index in [9.17, 15) is 0 Å². The molecule has 0 aliphatic heterocycles. The zero-order valence-electron chi connectivity index (χ0n) is 9.48. The highest BCUT2D eigenvalue weighted by molar-refractivity contribution is 5.74. The van der Waals surface area contributed by atoms with E-state index in [1.165, 1.54) is 19.3 Å². The Morgan fingerprint density at radius 1 is 1.50 bits per heavy atom. The first-order valence-electron chi connectivity index (χ1n) is 5.82. The number of hydrogen-bond acceptors (Lipinski definition) is 3. The molecule has 2 aromatic rings. The van der Waals surface area contributed by atoms with Gasteiger partial charge in [-0.3, -0.25) is 4.57 Å². The fourth-order valence-corrected chi connectivity index (χ4v) is 2.24. The second-order valence-corrected chi connectivity index (χ2v) is 4.73. The first-order valence-corrected chi connectivity index (χ1v) is 5.82. The molecular formula is C12H16N4. The average Bonchev–Trinajstić information content (AvgIpc) is 2.47. The molecule has 1 aliphatic rings. The lowest BCUT2D eigenvalue weighted by molar-refractivity contribution is 0.280. The number of fused-ring (bicyclic) bond motifs is 1. The van der Waals surface area contributed by atoms with Crippen LogP contribution in [-0.4, -0.2) is 14.5 Å². The molecule has 16 heavy (non-hydrogen) atoms. The van der Waals surface area contributed by atoms with Crippen LogP contribution in [0, 0.1) is 12.8 Å². The highest BCUT2D eigenvalue weighted by Gasteiger charge is 2.20. The predicted molar refractivity (Wildman–Crippen MR) is 64.0 cm³/mol.